The lowest BCUT2D eigenvalue weighted by Crippen LogP contribution is -2.68. The first-order valence-corrected chi connectivity index (χ1v) is 32.0. The number of aromatic nitrogens is 1. The summed E-state index contributed by atoms with van der Waals surface area (Å²) in [5, 5.41) is 25.4. The number of fused-ring (bicyclic) bond motifs is 7. The van der Waals surface area contributed by atoms with E-state index in [1.807, 2.05) is 0 Å². The lowest BCUT2D eigenvalue weighted by molar-refractivity contribution is -0.221. The molecular weight excluding hydrogens is 971 g/mol. The van der Waals surface area contributed by atoms with Gasteiger partial charge in [0.2, 0.25) is 12.2 Å². The van der Waals surface area contributed by atoms with E-state index < -0.39 is 33.1 Å². The molecule has 422 valence electrons. The predicted molar refractivity (Wildman–Crippen MR) is 300 cm³/mol. The number of allylic oxidation sites excluding steroid dienone is 5. The van der Waals surface area contributed by atoms with Gasteiger partial charge in [0.25, 0.3) is 0 Å². The van der Waals surface area contributed by atoms with Crippen LogP contribution >= 0.6 is 0 Å². The van der Waals surface area contributed by atoms with Gasteiger partial charge in [0.15, 0.2) is 0 Å². The Kier molecular flexibility index (Phi) is 17.7. The van der Waals surface area contributed by atoms with Gasteiger partial charge in [-0.05, 0) is 204 Å². The highest BCUT2D eigenvalue weighted by molar-refractivity contribution is 7.91. The molecule has 5 fully saturated rings. The molecule has 2 N–H and O–H groups in total. The largest absolute Gasteiger partial charge is 0.475 e. The van der Waals surface area contributed by atoms with Gasteiger partial charge < -0.3 is 24.6 Å². The fourth-order valence-electron chi connectivity index (χ4n) is 18.0. The van der Waals surface area contributed by atoms with Crippen LogP contribution in [0.4, 0.5) is 0 Å². The quantitative estimate of drug-likeness (QED) is 0.0521. The molecule has 1 aromatic rings. The van der Waals surface area contributed by atoms with Crippen molar-refractivity contribution in [2.24, 2.45) is 56.7 Å². The molecule has 0 spiro atoms. The Bertz CT molecular complexity index is 2500. The fraction of sp³-hybridized carbons (Fsp3) is 0.781. The van der Waals surface area contributed by atoms with Crippen molar-refractivity contribution in [3.8, 4) is 11.9 Å². The standard InChI is InChI=1S/C64H97N3O8S/c1-11-12-13-14-15-16-17-20-54(68)74-45(4)75-57(69)62(43-73-56-47(42-65)19-18-40-66-56)32-23-46(24-33-62)50-28-30-59(7)52(58(50,5)6)29-31-61(9)53(59)22-21-51-55-49(44(2)3)27-36-64(55,38-37-60(51,61)8)67-41-39-63(70)34-25-48(26-35-63)76(10,71)72/h18-19,23,28,40,45,48-49,51-53,55,67,70H,2,11-17,20-22,24-27,29-39,41,43H2,1,3-10H3/t45?,48?,49-,51+,52-,53+,55+,59-,60+,61+,62+,63?,64-/m0/s1. The van der Waals surface area contributed by atoms with Crippen LogP contribution in [0.15, 0.2) is 53.8 Å². The normalized spacial score (nSPS) is 37.1. The Morgan fingerprint density at radius 2 is 1.61 bits per heavy atom. The number of nitrogens with one attached hydrogen (secondary N) is 1. The zero-order chi connectivity index (χ0) is 55.0. The number of nitrogens with zero attached hydrogens (tertiary/aromatic N) is 2. The summed E-state index contributed by atoms with van der Waals surface area (Å²) >= 11 is 0. The van der Waals surface area contributed by atoms with Crippen molar-refractivity contribution in [1.29, 1.82) is 5.26 Å². The first-order chi connectivity index (χ1) is 35.9. The summed E-state index contributed by atoms with van der Waals surface area (Å²) in [5.74, 6) is 1.97. The highest BCUT2D eigenvalue weighted by Gasteiger charge is 2.70. The van der Waals surface area contributed by atoms with Crippen LogP contribution in [0.3, 0.4) is 0 Å². The molecule has 5 saturated carbocycles. The summed E-state index contributed by atoms with van der Waals surface area (Å²) < 4.78 is 42.5. The molecule has 7 aliphatic carbocycles. The van der Waals surface area contributed by atoms with Crippen LogP contribution in [0, 0.1) is 68.0 Å². The molecule has 0 saturated heterocycles. The van der Waals surface area contributed by atoms with Crippen molar-refractivity contribution in [3.05, 3.63) is 59.3 Å². The van der Waals surface area contributed by atoms with Gasteiger partial charge >= 0.3 is 11.9 Å². The van der Waals surface area contributed by atoms with Crippen LogP contribution in [0.1, 0.15) is 221 Å². The third-order valence-electron chi connectivity index (χ3n) is 22.5. The van der Waals surface area contributed by atoms with Crippen molar-refractivity contribution in [3.63, 3.8) is 0 Å². The topological polar surface area (TPSA) is 165 Å². The summed E-state index contributed by atoms with van der Waals surface area (Å²) in [4.78, 5) is 31.6. The first kappa shape index (κ1) is 58.6. The summed E-state index contributed by atoms with van der Waals surface area (Å²) in [5.41, 5.74) is 2.82. The smallest absolute Gasteiger partial charge is 0.318 e. The molecule has 8 rings (SSSR count). The Morgan fingerprint density at radius 3 is 2.28 bits per heavy atom. The minimum absolute atomic E-state index is 0.0206. The number of ether oxygens (including phenoxy) is 3. The second kappa shape index (κ2) is 22.9. The molecule has 7 aliphatic rings. The van der Waals surface area contributed by atoms with Crippen LogP contribution in [0.2, 0.25) is 0 Å². The number of pyridine rings is 1. The summed E-state index contributed by atoms with van der Waals surface area (Å²) in [7, 11) is -3.10. The zero-order valence-electron chi connectivity index (χ0n) is 48.3. The molecular formula is C64H97N3O8S. The average molecular weight is 1070 g/mol. The summed E-state index contributed by atoms with van der Waals surface area (Å²) in [6, 6.07) is 5.52. The van der Waals surface area contributed by atoms with Crippen LogP contribution < -0.4 is 10.1 Å². The monoisotopic (exact) mass is 1070 g/mol. The molecule has 76 heavy (non-hydrogen) atoms. The van der Waals surface area contributed by atoms with Crippen molar-refractivity contribution in [2.45, 2.75) is 239 Å². The maximum absolute atomic E-state index is 14.4. The van der Waals surface area contributed by atoms with E-state index in [0.29, 0.717) is 92.9 Å². The van der Waals surface area contributed by atoms with Crippen molar-refractivity contribution >= 4 is 21.8 Å². The maximum Gasteiger partial charge on any atom is 0.318 e. The summed E-state index contributed by atoms with van der Waals surface area (Å²) in [6.45, 7) is 24.4. The number of hydrogen-bond acceptors (Lipinski definition) is 11. The third kappa shape index (κ3) is 11.3. The van der Waals surface area contributed by atoms with E-state index in [4.69, 9.17) is 14.2 Å². The van der Waals surface area contributed by atoms with E-state index in [1.54, 1.807) is 25.3 Å². The summed E-state index contributed by atoms with van der Waals surface area (Å²) in [6.07, 6.45) is 29.5. The van der Waals surface area contributed by atoms with Crippen LogP contribution in [-0.2, 0) is 28.9 Å². The molecule has 0 radical (unpaired) electrons. The second-order valence-electron chi connectivity index (χ2n) is 27.1. The van der Waals surface area contributed by atoms with E-state index in [9.17, 15) is 28.4 Å². The number of aliphatic hydroxyl groups is 1. The van der Waals surface area contributed by atoms with E-state index in [2.05, 4.69) is 83.6 Å². The number of esters is 2. The highest BCUT2D eigenvalue weighted by atomic mass is 32.2. The van der Waals surface area contributed by atoms with E-state index in [-0.39, 0.29) is 50.9 Å². The Hall–Kier alpha value is -3.53. The van der Waals surface area contributed by atoms with Crippen LogP contribution in [0.25, 0.3) is 0 Å². The van der Waals surface area contributed by atoms with E-state index in [0.717, 1.165) is 51.5 Å². The molecule has 0 aromatic carbocycles. The maximum atomic E-state index is 14.4. The van der Waals surface area contributed by atoms with Gasteiger partial charge in [-0.3, -0.25) is 9.59 Å². The Labute approximate surface area is 458 Å². The number of carbonyl (C=O) groups excluding carboxylic acids is 2. The zero-order valence-corrected chi connectivity index (χ0v) is 49.2. The second-order valence-corrected chi connectivity index (χ2v) is 29.4. The predicted octanol–water partition coefficient (Wildman–Crippen LogP) is 13.6. The minimum atomic E-state index is -3.10. The minimum Gasteiger partial charge on any atom is -0.475 e. The SMILES string of the molecule is C=C(C)[C@@H]1CC[C@]2(NCCC3(O)CCC(S(C)(=O)=O)CC3)CC[C@]3(C)[C@H](CC[C@@H]4[C@@]5(C)CC=C(C6=CC[C@@](COc7ncccc7C#N)(C(=O)OC(C)OC(=O)CCCCCCCCC)CC6)C(C)(C)[C@@H]5CC[C@]43C)[C@@H]12. The van der Waals surface area contributed by atoms with Crippen molar-refractivity contribution in [1.82, 2.24) is 10.3 Å². The van der Waals surface area contributed by atoms with Crippen molar-refractivity contribution in [2.75, 3.05) is 19.4 Å². The average Bonchev–Trinajstić information content (AvgIpc) is 3.93. The lowest BCUT2D eigenvalue weighted by Gasteiger charge is -2.72. The third-order valence-corrected chi connectivity index (χ3v) is 24.2. The van der Waals surface area contributed by atoms with Gasteiger partial charge in [0, 0.05) is 31.3 Å². The number of sulfone groups is 1. The molecule has 1 heterocycles. The molecule has 0 bridgehead atoms. The van der Waals surface area contributed by atoms with Gasteiger partial charge in [-0.25, -0.2) is 13.4 Å². The van der Waals surface area contributed by atoms with Crippen LogP contribution in [-0.4, -0.2) is 72.5 Å². The van der Waals surface area contributed by atoms with Crippen LogP contribution in [0.5, 0.6) is 5.88 Å². The van der Waals surface area contributed by atoms with Crippen molar-refractivity contribution < 1.29 is 37.3 Å². The highest BCUT2D eigenvalue weighted by Crippen LogP contribution is 2.76. The fourth-order valence-corrected chi connectivity index (χ4v) is 19.1. The van der Waals surface area contributed by atoms with Gasteiger partial charge in [0.1, 0.15) is 33.5 Å². The Balaban J connectivity index is 0.969. The molecule has 12 heteroatoms. The number of rotatable bonds is 21. The number of nitriles is 1. The van der Waals surface area contributed by atoms with Gasteiger partial charge in [-0.15, -0.1) is 0 Å². The molecule has 1 unspecified atom stereocenters. The first-order valence-electron chi connectivity index (χ1n) is 30.0. The van der Waals surface area contributed by atoms with Gasteiger partial charge in [-0.2, -0.15) is 5.26 Å². The molecule has 1 aromatic heterocycles. The van der Waals surface area contributed by atoms with Gasteiger partial charge in [0.05, 0.1) is 10.9 Å². The number of unbranched alkanes of at least 4 members (excludes halogenated alkanes) is 6. The van der Waals surface area contributed by atoms with E-state index >= 15 is 0 Å². The van der Waals surface area contributed by atoms with E-state index in [1.165, 1.54) is 80.8 Å². The molecule has 0 amide bonds. The molecule has 11 atom stereocenters. The number of hydrogen-bond donors (Lipinski definition) is 2. The molecule has 0 aliphatic heterocycles. The number of carbonyl (C=O) groups is 2. The molecule has 11 nitrogen and oxygen atoms in total. The van der Waals surface area contributed by atoms with Gasteiger partial charge in [-0.1, -0.05) is 104 Å². The Morgan fingerprint density at radius 1 is 0.882 bits per heavy atom. The lowest BCUT2D eigenvalue weighted by atomic mass is 9.33.